The molecule has 3 rings (SSSR count). The third kappa shape index (κ3) is 4.08. The monoisotopic (exact) mass is 417 g/mol. The van der Waals surface area contributed by atoms with Gasteiger partial charge in [-0.05, 0) is 50.6 Å². The molecule has 0 bridgehead atoms. The molecule has 2 aromatic carbocycles. The zero-order valence-corrected chi connectivity index (χ0v) is 17.8. The maximum atomic E-state index is 13.5. The number of halogens is 1. The summed E-state index contributed by atoms with van der Waals surface area (Å²) >= 11 is 6.26. The van der Waals surface area contributed by atoms with Gasteiger partial charge in [-0.3, -0.25) is 4.31 Å². The van der Waals surface area contributed by atoms with Crippen molar-refractivity contribution in [3.63, 3.8) is 0 Å². The number of benzene rings is 2. The third-order valence-corrected chi connectivity index (χ3v) is 6.58. The molecular weight excluding hydrogens is 394 g/mol. The Morgan fingerprint density at radius 1 is 1.11 bits per heavy atom. The van der Waals surface area contributed by atoms with E-state index in [0.29, 0.717) is 22.9 Å². The van der Waals surface area contributed by atoms with Crippen molar-refractivity contribution >= 4 is 27.3 Å². The van der Waals surface area contributed by atoms with Gasteiger partial charge >= 0.3 is 0 Å². The first-order valence-corrected chi connectivity index (χ1v) is 11.1. The summed E-state index contributed by atoms with van der Waals surface area (Å²) in [5.74, 6) is 0.772. The van der Waals surface area contributed by atoms with E-state index in [9.17, 15) is 8.42 Å². The van der Waals surface area contributed by atoms with Crippen LogP contribution in [0.4, 0.5) is 5.69 Å². The lowest BCUT2D eigenvalue weighted by molar-refractivity contribution is 0.588. The predicted molar refractivity (Wildman–Crippen MR) is 114 cm³/mol. The van der Waals surface area contributed by atoms with Crippen molar-refractivity contribution in [2.75, 3.05) is 10.8 Å². The Morgan fingerprint density at radius 2 is 1.82 bits per heavy atom. The van der Waals surface area contributed by atoms with Crippen LogP contribution >= 0.6 is 11.6 Å². The summed E-state index contributed by atoms with van der Waals surface area (Å²) in [4.78, 5) is 4.72. The minimum absolute atomic E-state index is 0.269. The Balaban J connectivity index is 2.20. The van der Waals surface area contributed by atoms with Crippen LogP contribution in [0.5, 0.6) is 0 Å². The summed E-state index contributed by atoms with van der Waals surface area (Å²) in [5.41, 5.74) is 2.14. The smallest absolute Gasteiger partial charge is 0.264 e. The lowest BCUT2D eigenvalue weighted by Gasteiger charge is -2.27. The molecule has 3 aromatic rings. The number of hydrogen-bond acceptors (Lipinski definition) is 3. The fourth-order valence-corrected chi connectivity index (χ4v) is 4.86. The highest BCUT2D eigenvalue weighted by atomic mass is 35.5. The number of rotatable bonds is 7. The van der Waals surface area contributed by atoms with Crippen molar-refractivity contribution in [3.8, 4) is 5.69 Å². The van der Waals surface area contributed by atoms with E-state index in [1.54, 1.807) is 48.5 Å². The zero-order valence-electron chi connectivity index (χ0n) is 16.3. The lowest BCUT2D eigenvalue weighted by Crippen LogP contribution is -2.33. The van der Waals surface area contributed by atoms with Gasteiger partial charge in [-0.2, -0.15) is 0 Å². The number of imidazole rings is 1. The highest BCUT2D eigenvalue weighted by molar-refractivity contribution is 7.92. The normalized spacial score (nSPS) is 11.6. The highest BCUT2D eigenvalue weighted by Gasteiger charge is 2.27. The van der Waals surface area contributed by atoms with E-state index in [2.05, 4.69) is 4.98 Å². The molecule has 0 saturated heterocycles. The van der Waals surface area contributed by atoms with Gasteiger partial charge in [-0.15, -0.1) is 0 Å². The SMILES string of the molecule is CCCCN(c1ccc(Cl)cc1-n1cc(C)nc1C)S(=O)(=O)c1ccccc1. The number of aromatic nitrogens is 2. The second-order valence-corrected chi connectivity index (χ2v) is 8.98. The third-order valence-electron chi connectivity index (χ3n) is 4.51. The number of anilines is 1. The molecule has 0 aliphatic rings. The van der Waals surface area contributed by atoms with Crippen molar-refractivity contribution in [1.82, 2.24) is 9.55 Å². The van der Waals surface area contributed by atoms with Gasteiger partial charge in [0.15, 0.2) is 0 Å². The first-order chi connectivity index (χ1) is 13.3. The van der Waals surface area contributed by atoms with E-state index in [-0.39, 0.29) is 4.90 Å². The van der Waals surface area contributed by atoms with E-state index >= 15 is 0 Å². The van der Waals surface area contributed by atoms with Crippen LogP contribution in [0.25, 0.3) is 5.69 Å². The number of aryl methyl sites for hydroxylation is 2. The highest BCUT2D eigenvalue weighted by Crippen LogP contribution is 2.33. The maximum absolute atomic E-state index is 13.5. The molecule has 0 saturated carbocycles. The Morgan fingerprint density at radius 3 is 2.43 bits per heavy atom. The molecule has 0 fully saturated rings. The Labute approximate surface area is 171 Å². The fourth-order valence-electron chi connectivity index (χ4n) is 3.15. The first-order valence-electron chi connectivity index (χ1n) is 9.25. The molecule has 0 atom stereocenters. The molecular formula is C21H24ClN3O2S. The van der Waals surface area contributed by atoms with Crippen LogP contribution in [-0.4, -0.2) is 24.5 Å². The summed E-state index contributed by atoms with van der Waals surface area (Å²) < 4.78 is 30.3. The van der Waals surface area contributed by atoms with Gasteiger partial charge in [-0.25, -0.2) is 13.4 Å². The fraction of sp³-hybridized carbons (Fsp3) is 0.286. The van der Waals surface area contributed by atoms with E-state index < -0.39 is 10.0 Å². The van der Waals surface area contributed by atoms with Crippen LogP contribution in [0.2, 0.25) is 5.02 Å². The van der Waals surface area contributed by atoms with Gasteiger partial charge in [0.2, 0.25) is 0 Å². The van der Waals surface area contributed by atoms with Gasteiger partial charge in [0.25, 0.3) is 10.0 Å². The van der Waals surface area contributed by atoms with Crippen LogP contribution in [0, 0.1) is 13.8 Å². The molecule has 0 radical (unpaired) electrons. The number of nitrogens with zero attached hydrogens (tertiary/aromatic N) is 3. The summed E-state index contributed by atoms with van der Waals surface area (Å²) in [5, 5.41) is 0.539. The Kier molecular flexibility index (Phi) is 6.10. The van der Waals surface area contributed by atoms with Crippen molar-refractivity contribution in [2.24, 2.45) is 0 Å². The van der Waals surface area contributed by atoms with Crippen molar-refractivity contribution < 1.29 is 8.42 Å². The van der Waals surface area contributed by atoms with E-state index in [1.165, 1.54) is 4.31 Å². The molecule has 1 aromatic heterocycles. The van der Waals surface area contributed by atoms with Crippen molar-refractivity contribution in [2.45, 2.75) is 38.5 Å². The molecule has 148 valence electrons. The molecule has 7 heteroatoms. The molecule has 0 spiro atoms. The van der Waals surface area contributed by atoms with E-state index in [1.807, 2.05) is 31.5 Å². The van der Waals surface area contributed by atoms with Crippen LogP contribution in [0.15, 0.2) is 59.6 Å². The van der Waals surface area contributed by atoms with Crippen LogP contribution < -0.4 is 4.31 Å². The van der Waals surface area contributed by atoms with Crippen molar-refractivity contribution in [3.05, 3.63) is 71.3 Å². The molecule has 0 amide bonds. The summed E-state index contributed by atoms with van der Waals surface area (Å²) in [6, 6.07) is 13.8. The molecule has 0 aliphatic heterocycles. The minimum atomic E-state index is -3.72. The quantitative estimate of drug-likeness (QED) is 0.535. The molecule has 0 N–H and O–H groups in total. The second-order valence-electron chi connectivity index (χ2n) is 6.68. The number of hydrogen-bond donors (Lipinski definition) is 0. The predicted octanol–water partition coefficient (Wildman–Crippen LogP) is 5.14. The average molecular weight is 418 g/mol. The largest absolute Gasteiger partial charge is 0.302 e. The van der Waals surface area contributed by atoms with Gasteiger partial charge in [-0.1, -0.05) is 43.1 Å². The molecule has 0 aliphatic carbocycles. The van der Waals surface area contributed by atoms with Crippen LogP contribution in [0.3, 0.4) is 0 Å². The van der Waals surface area contributed by atoms with Gasteiger partial charge in [0.1, 0.15) is 5.82 Å². The molecule has 1 heterocycles. The van der Waals surface area contributed by atoms with Gasteiger partial charge in [0, 0.05) is 17.8 Å². The first kappa shape index (κ1) is 20.4. The summed E-state index contributed by atoms with van der Waals surface area (Å²) in [6.45, 7) is 6.22. The van der Waals surface area contributed by atoms with Gasteiger partial charge in [0.05, 0.1) is 22.0 Å². The average Bonchev–Trinajstić information content (AvgIpc) is 3.01. The lowest BCUT2D eigenvalue weighted by atomic mass is 10.2. The molecule has 5 nitrogen and oxygen atoms in total. The number of unbranched alkanes of at least 4 members (excludes halogenated alkanes) is 1. The maximum Gasteiger partial charge on any atom is 0.264 e. The van der Waals surface area contributed by atoms with E-state index in [4.69, 9.17) is 11.6 Å². The molecule has 0 unspecified atom stereocenters. The van der Waals surface area contributed by atoms with Crippen LogP contribution in [-0.2, 0) is 10.0 Å². The Bertz CT molecular complexity index is 1060. The molecule has 28 heavy (non-hydrogen) atoms. The van der Waals surface area contributed by atoms with E-state index in [0.717, 1.165) is 24.4 Å². The van der Waals surface area contributed by atoms with Crippen LogP contribution in [0.1, 0.15) is 31.3 Å². The topological polar surface area (TPSA) is 55.2 Å². The summed E-state index contributed by atoms with van der Waals surface area (Å²) in [6.07, 6.45) is 3.51. The minimum Gasteiger partial charge on any atom is -0.302 e. The Hall–Kier alpha value is -2.31. The number of sulfonamides is 1. The van der Waals surface area contributed by atoms with Crippen molar-refractivity contribution in [1.29, 1.82) is 0 Å². The summed E-state index contributed by atoms with van der Waals surface area (Å²) in [7, 11) is -3.72. The standard InChI is InChI=1S/C21H24ClN3O2S/c1-4-5-13-25(28(26,27)19-9-7-6-8-10-19)20-12-11-18(22)14-21(20)24-15-16(2)23-17(24)3/h6-12,14-15H,4-5,13H2,1-3H3. The zero-order chi connectivity index (χ0) is 20.3. The van der Waals surface area contributed by atoms with Gasteiger partial charge < -0.3 is 4.57 Å². The second kappa shape index (κ2) is 8.37.